The molecule has 0 saturated heterocycles. The predicted molar refractivity (Wildman–Crippen MR) is 109 cm³/mol. The number of rotatable bonds is 1. The number of aryl methyl sites for hydroxylation is 1. The van der Waals surface area contributed by atoms with Gasteiger partial charge in [-0.05, 0) is 57.8 Å². The highest BCUT2D eigenvalue weighted by Crippen LogP contribution is 2.44. The van der Waals surface area contributed by atoms with Gasteiger partial charge in [0.1, 0.15) is 0 Å². The molecule has 4 heteroatoms. The van der Waals surface area contributed by atoms with Gasteiger partial charge in [-0.1, -0.05) is 48.5 Å². The Balaban J connectivity index is 1.80. The van der Waals surface area contributed by atoms with Gasteiger partial charge >= 0.3 is 0 Å². The number of fused-ring (bicyclic) bond motifs is 3. The number of Topliss-reactive ketones (excluding diaryl/α,β-unsaturated/α-hetero) is 1. The van der Waals surface area contributed by atoms with Crippen LogP contribution in [-0.4, -0.2) is 16.0 Å². The van der Waals surface area contributed by atoms with Crippen molar-refractivity contribution in [2.45, 2.75) is 6.92 Å². The number of allylic oxidation sites excluding steroid dienone is 1. The normalized spacial score (nSPS) is 14.6. The zero-order valence-electron chi connectivity index (χ0n) is 15.1. The average molecular weight is 368 g/mol. The van der Waals surface area contributed by atoms with Gasteiger partial charge in [0.25, 0.3) is 0 Å². The minimum absolute atomic E-state index is 0.00280. The van der Waals surface area contributed by atoms with Crippen molar-refractivity contribution in [1.29, 1.82) is 0 Å². The fourth-order valence-electron chi connectivity index (χ4n) is 3.89. The fraction of sp³-hybridized carbons (Fsp3) is 0.0417. The molecular weight excluding hydrogens is 352 g/mol. The highest BCUT2D eigenvalue weighted by Gasteiger charge is 2.31. The molecule has 0 radical (unpaired) electrons. The summed E-state index contributed by atoms with van der Waals surface area (Å²) in [5, 5.41) is 24.0. The van der Waals surface area contributed by atoms with Crippen LogP contribution in [0.3, 0.4) is 0 Å². The second-order valence-electron chi connectivity index (χ2n) is 6.88. The van der Waals surface area contributed by atoms with E-state index < -0.39 is 5.75 Å². The van der Waals surface area contributed by atoms with E-state index in [1.165, 1.54) is 17.7 Å². The molecule has 0 saturated carbocycles. The Morgan fingerprint density at radius 2 is 1.39 bits per heavy atom. The lowest BCUT2D eigenvalue weighted by Crippen LogP contribution is -1.99. The van der Waals surface area contributed by atoms with Crippen LogP contribution in [0.15, 0.2) is 66.4 Å². The van der Waals surface area contributed by atoms with Crippen molar-refractivity contribution < 1.29 is 19.7 Å². The number of ether oxygens (including phenoxy) is 1. The van der Waals surface area contributed by atoms with Crippen LogP contribution in [0.4, 0.5) is 0 Å². The van der Waals surface area contributed by atoms with Crippen LogP contribution in [-0.2, 0) is 0 Å². The summed E-state index contributed by atoms with van der Waals surface area (Å²) in [6.07, 6.45) is 1.73. The lowest BCUT2D eigenvalue weighted by atomic mass is 9.92. The molecule has 28 heavy (non-hydrogen) atoms. The molecule has 1 aliphatic heterocycles. The summed E-state index contributed by atoms with van der Waals surface area (Å²) < 4.78 is 5.66. The van der Waals surface area contributed by atoms with Crippen molar-refractivity contribution in [1.82, 2.24) is 0 Å². The van der Waals surface area contributed by atoms with Crippen molar-refractivity contribution in [3.63, 3.8) is 0 Å². The molecule has 0 unspecified atom stereocenters. The highest BCUT2D eigenvalue weighted by molar-refractivity contribution is 6.18. The number of hydrogen-bond donors (Lipinski definition) is 2. The Hall–Kier alpha value is -3.79. The summed E-state index contributed by atoms with van der Waals surface area (Å²) in [6, 6.07) is 18.8. The van der Waals surface area contributed by atoms with Gasteiger partial charge < -0.3 is 14.9 Å². The molecule has 0 aromatic heterocycles. The van der Waals surface area contributed by atoms with E-state index in [2.05, 4.69) is 19.1 Å². The van der Waals surface area contributed by atoms with Crippen LogP contribution in [0.2, 0.25) is 0 Å². The standard InChI is InChI=1S/C24H16O4/c1-13-14-6-2-4-8-16(14)19(17-9-5-3-7-15(13)17)12-21-22(26)18-10-11-20(25)23(27)24(18)28-21/h2-12,25,27H,1H3. The van der Waals surface area contributed by atoms with Crippen molar-refractivity contribution in [2.24, 2.45) is 0 Å². The quantitative estimate of drug-likeness (QED) is 0.271. The molecule has 4 aromatic carbocycles. The first-order chi connectivity index (χ1) is 13.6. The van der Waals surface area contributed by atoms with Crippen LogP contribution in [0.25, 0.3) is 27.6 Å². The van der Waals surface area contributed by atoms with Gasteiger partial charge in [-0.15, -0.1) is 0 Å². The van der Waals surface area contributed by atoms with Crippen molar-refractivity contribution in [2.75, 3.05) is 0 Å². The minimum Gasteiger partial charge on any atom is -0.504 e. The second-order valence-corrected chi connectivity index (χ2v) is 6.88. The zero-order chi connectivity index (χ0) is 19.4. The van der Waals surface area contributed by atoms with E-state index in [4.69, 9.17) is 4.74 Å². The molecule has 1 heterocycles. The number of aromatic hydroxyl groups is 2. The molecule has 0 spiro atoms. The number of phenolic OH excluding ortho intramolecular Hbond substituents is 2. The molecule has 5 rings (SSSR count). The molecule has 0 fully saturated rings. The molecule has 4 nitrogen and oxygen atoms in total. The molecule has 0 bridgehead atoms. The monoisotopic (exact) mass is 368 g/mol. The topological polar surface area (TPSA) is 66.8 Å². The number of hydrogen-bond acceptors (Lipinski definition) is 4. The molecule has 136 valence electrons. The number of carbonyl (C=O) groups is 1. The number of phenols is 2. The molecule has 0 amide bonds. The average Bonchev–Trinajstić information content (AvgIpc) is 3.04. The third-order valence-electron chi connectivity index (χ3n) is 5.31. The third kappa shape index (κ3) is 2.21. The predicted octanol–water partition coefficient (Wildman–Crippen LogP) is 5.33. The molecule has 2 N–H and O–H groups in total. The van der Waals surface area contributed by atoms with E-state index >= 15 is 0 Å². The third-order valence-corrected chi connectivity index (χ3v) is 5.31. The summed E-state index contributed by atoms with van der Waals surface area (Å²) in [5.41, 5.74) is 2.30. The lowest BCUT2D eigenvalue weighted by Gasteiger charge is -2.12. The Labute approximate surface area is 160 Å². The van der Waals surface area contributed by atoms with Crippen LogP contribution in [0.1, 0.15) is 21.5 Å². The molecule has 0 atom stereocenters. The first-order valence-electron chi connectivity index (χ1n) is 8.95. The fourth-order valence-corrected chi connectivity index (χ4v) is 3.89. The van der Waals surface area contributed by atoms with Gasteiger partial charge in [-0.3, -0.25) is 4.79 Å². The van der Waals surface area contributed by atoms with Crippen molar-refractivity contribution >= 4 is 33.4 Å². The molecule has 4 aromatic rings. The van der Waals surface area contributed by atoms with E-state index in [9.17, 15) is 15.0 Å². The van der Waals surface area contributed by atoms with Gasteiger partial charge in [0, 0.05) is 0 Å². The maximum absolute atomic E-state index is 12.8. The first kappa shape index (κ1) is 16.4. The second kappa shape index (κ2) is 5.86. The summed E-state index contributed by atoms with van der Waals surface area (Å²) >= 11 is 0. The Morgan fingerprint density at radius 3 is 2.00 bits per heavy atom. The first-order valence-corrected chi connectivity index (χ1v) is 8.95. The largest absolute Gasteiger partial charge is 0.504 e. The molecular formula is C24H16O4. The Kier molecular flexibility index (Phi) is 3.43. The smallest absolute Gasteiger partial charge is 0.232 e. The Bertz CT molecular complexity index is 1270. The maximum atomic E-state index is 12.8. The minimum atomic E-state index is -0.423. The number of benzene rings is 4. The van der Waals surface area contributed by atoms with Crippen LogP contribution < -0.4 is 4.74 Å². The maximum Gasteiger partial charge on any atom is 0.232 e. The van der Waals surface area contributed by atoms with Crippen molar-refractivity contribution in [3.05, 3.63) is 83.1 Å². The van der Waals surface area contributed by atoms with Crippen LogP contribution in [0, 0.1) is 6.92 Å². The van der Waals surface area contributed by atoms with Crippen molar-refractivity contribution in [3.8, 4) is 17.2 Å². The number of ketones is 1. The zero-order valence-corrected chi connectivity index (χ0v) is 15.1. The lowest BCUT2D eigenvalue weighted by molar-refractivity contribution is 0.101. The van der Waals surface area contributed by atoms with E-state index in [0.717, 1.165) is 27.1 Å². The summed E-state index contributed by atoms with van der Waals surface area (Å²) in [4.78, 5) is 12.8. The van der Waals surface area contributed by atoms with Gasteiger partial charge in [0.15, 0.2) is 17.3 Å². The van der Waals surface area contributed by atoms with Crippen LogP contribution >= 0.6 is 0 Å². The molecule has 1 aliphatic rings. The number of carbonyl (C=O) groups excluding carboxylic acids is 1. The SMILES string of the molecule is Cc1c2ccccc2c(C=C2Oc3c(ccc(O)c3O)C2=O)c2ccccc12. The Morgan fingerprint density at radius 1 is 0.821 bits per heavy atom. The summed E-state index contributed by atoms with van der Waals surface area (Å²) in [7, 11) is 0. The van der Waals surface area contributed by atoms with Gasteiger partial charge in [0.2, 0.25) is 11.5 Å². The van der Waals surface area contributed by atoms with E-state index in [-0.39, 0.29) is 28.6 Å². The van der Waals surface area contributed by atoms with Gasteiger partial charge in [-0.2, -0.15) is 0 Å². The molecule has 0 aliphatic carbocycles. The highest BCUT2D eigenvalue weighted by atomic mass is 16.5. The van der Waals surface area contributed by atoms with E-state index in [0.29, 0.717) is 0 Å². The van der Waals surface area contributed by atoms with Gasteiger partial charge in [-0.25, -0.2) is 0 Å². The van der Waals surface area contributed by atoms with Crippen LogP contribution in [0.5, 0.6) is 17.2 Å². The summed E-state index contributed by atoms with van der Waals surface area (Å²) in [5.74, 6) is -0.946. The summed E-state index contributed by atoms with van der Waals surface area (Å²) in [6.45, 7) is 2.09. The van der Waals surface area contributed by atoms with E-state index in [1.807, 2.05) is 36.4 Å². The van der Waals surface area contributed by atoms with Gasteiger partial charge in [0.05, 0.1) is 5.56 Å². The van der Waals surface area contributed by atoms with E-state index in [1.54, 1.807) is 6.08 Å².